The summed E-state index contributed by atoms with van der Waals surface area (Å²) < 4.78 is 6.51. The lowest BCUT2D eigenvalue weighted by Crippen LogP contribution is -1.98. The van der Waals surface area contributed by atoms with Crippen LogP contribution in [0.1, 0.15) is 0 Å². The van der Waals surface area contributed by atoms with Crippen LogP contribution in [0.25, 0.3) is 98.4 Å². The van der Waals surface area contributed by atoms with E-state index in [1.807, 2.05) is 18.5 Å². The number of hydrogen-bond donors (Lipinski definition) is 0. The molecule has 0 spiro atoms. The third-order valence-corrected chi connectivity index (χ3v) is 10.7. The lowest BCUT2D eigenvalue weighted by Gasteiger charge is -2.24. The highest BCUT2D eigenvalue weighted by Crippen LogP contribution is 2.52. The summed E-state index contributed by atoms with van der Waals surface area (Å²) in [5, 5.41) is 12.2. The number of ether oxygens (including phenoxy) is 1. The molecule has 1 aliphatic rings. The standard InChI is InChI=1S/C49H29NO/c1-5-19-37-33(15-1)45(31-25-26-43-42(28-31)41-23-9-12-30-13-10-24-44(51-43)47(30)41)34-16-2-6-20-38(34)48(37)49-39-21-7-3-17-35(39)46(32-14-11-27-50-29-32)36-18-4-8-22-40(36)49/h1-29H. The number of rotatable bonds is 3. The topological polar surface area (TPSA) is 22.1 Å². The van der Waals surface area contributed by atoms with Crippen molar-refractivity contribution in [3.8, 4) is 56.0 Å². The van der Waals surface area contributed by atoms with Gasteiger partial charge in [-0.3, -0.25) is 4.98 Å². The van der Waals surface area contributed by atoms with E-state index in [4.69, 9.17) is 4.74 Å². The van der Waals surface area contributed by atoms with Crippen molar-refractivity contribution in [2.45, 2.75) is 0 Å². The molecule has 51 heavy (non-hydrogen) atoms. The minimum atomic E-state index is 0.891. The molecule has 0 bridgehead atoms. The molecule has 236 valence electrons. The molecule has 0 saturated heterocycles. The van der Waals surface area contributed by atoms with E-state index in [1.54, 1.807) is 0 Å². The minimum Gasteiger partial charge on any atom is -0.456 e. The van der Waals surface area contributed by atoms with Crippen molar-refractivity contribution in [2.75, 3.05) is 0 Å². The average molecular weight is 648 g/mol. The lowest BCUT2D eigenvalue weighted by molar-refractivity contribution is 0.487. The van der Waals surface area contributed by atoms with Crippen LogP contribution >= 0.6 is 0 Å². The molecule has 0 saturated carbocycles. The van der Waals surface area contributed by atoms with Gasteiger partial charge in [-0.05, 0) is 106 Å². The van der Waals surface area contributed by atoms with Gasteiger partial charge in [-0.1, -0.05) is 140 Å². The third kappa shape index (κ3) is 4.08. The van der Waals surface area contributed by atoms with Crippen LogP contribution in [0.15, 0.2) is 176 Å². The van der Waals surface area contributed by atoms with Gasteiger partial charge in [0.05, 0.1) is 0 Å². The van der Waals surface area contributed by atoms with Gasteiger partial charge in [0.1, 0.15) is 11.5 Å². The fourth-order valence-electron chi connectivity index (χ4n) is 8.65. The predicted molar refractivity (Wildman–Crippen MR) is 214 cm³/mol. The average Bonchev–Trinajstić information content (AvgIpc) is 3.20. The molecule has 2 heterocycles. The summed E-state index contributed by atoms with van der Waals surface area (Å²) in [6.07, 6.45) is 3.83. The zero-order chi connectivity index (χ0) is 33.5. The van der Waals surface area contributed by atoms with Crippen molar-refractivity contribution in [3.63, 3.8) is 0 Å². The molecule has 0 N–H and O–H groups in total. The van der Waals surface area contributed by atoms with Gasteiger partial charge in [-0.25, -0.2) is 0 Å². The number of benzene rings is 9. The molecule has 0 atom stereocenters. The van der Waals surface area contributed by atoms with E-state index in [1.165, 1.54) is 87.2 Å². The molecule has 0 aliphatic carbocycles. The second kappa shape index (κ2) is 10.9. The molecule has 11 rings (SSSR count). The summed E-state index contributed by atoms with van der Waals surface area (Å²) in [7, 11) is 0. The molecule has 1 aliphatic heterocycles. The summed E-state index contributed by atoms with van der Waals surface area (Å²) in [5.41, 5.74) is 9.60. The Labute approximate surface area is 294 Å². The Morgan fingerprint density at radius 3 is 1.39 bits per heavy atom. The number of nitrogens with zero attached hydrogens (tertiary/aromatic N) is 1. The lowest BCUT2D eigenvalue weighted by atomic mass is 9.81. The first-order chi connectivity index (χ1) is 25.3. The Morgan fingerprint density at radius 2 is 0.863 bits per heavy atom. The fourth-order valence-corrected chi connectivity index (χ4v) is 8.65. The summed E-state index contributed by atoms with van der Waals surface area (Å²) in [5.74, 6) is 1.81. The van der Waals surface area contributed by atoms with E-state index in [0.29, 0.717) is 0 Å². The fraction of sp³-hybridized carbons (Fsp3) is 0. The maximum Gasteiger partial charge on any atom is 0.135 e. The monoisotopic (exact) mass is 647 g/mol. The van der Waals surface area contributed by atoms with Gasteiger partial charge in [-0.2, -0.15) is 0 Å². The van der Waals surface area contributed by atoms with Crippen LogP contribution in [-0.2, 0) is 0 Å². The molecule has 10 aromatic rings. The Morgan fingerprint density at radius 1 is 0.353 bits per heavy atom. The second-order valence-corrected chi connectivity index (χ2v) is 13.4. The van der Waals surface area contributed by atoms with Crippen LogP contribution in [0.4, 0.5) is 0 Å². The van der Waals surface area contributed by atoms with Crippen molar-refractivity contribution < 1.29 is 4.74 Å². The zero-order valence-electron chi connectivity index (χ0n) is 27.6. The van der Waals surface area contributed by atoms with E-state index in [-0.39, 0.29) is 0 Å². The van der Waals surface area contributed by atoms with Gasteiger partial charge in [0.25, 0.3) is 0 Å². The highest BCUT2D eigenvalue weighted by atomic mass is 16.5. The quantitative estimate of drug-likeness (QED) is 0.178. The van der Waals surface area contributed by atoms with Crippen LogP contribution in [-0.4, -0.2) is 4.98 Å². The smallest absolute Gasteiger partial charge is 0.135 e. The molecular formula is C49H29NO. The largest absolute Gasteiger partial charge is 0.456 e. The Balaban J connectivity index is 1.25. The summed E-state index contributed by atoms with van der Waals surface area (Å²) in [6, 6.07) is 59.4. The van der Waals surface area contributed by atoms with Gasteiger partial charge in [-0.15, -0.1) is 0 Å². The minimum absolute atomic E-state index is 0.891. The zero-order valence-corrected chi connectivity index (χ0v) is 27.6. The molecular weight excluding hydrogens is 619 g/mol. The highest BCUT2D eigenvalue weighted by Gasteiger charge is 2.24. The SMILES string of the molecule is c1cncc(-c2c3ccccc3c(-c3c4ccccc4c(-c4ccc5c(c4)-c4cccc6cccc(c46)O5)c4ccccc34)c3ccccc23)c1. The third-order valence-electron chi connectivity index (χ3n) is 10.7. The number of fused-ring (bicyclic) bond motifs is 6. The van der Waals surface area contributed by atoms with Crippen LogP contribution < -0.4 is 4.74 Å². The highest BCUT2D eigenvalue weighted by molar-refractivity contribution is 6.30. The van der Waals surface area contributed by atoms with E-state index in [2.05, 4.69) is 163 Å². The van der Waals surface area contributed by atoms with Crippen molar-refractivity contribution >= 4 is 53.9 Å². The summed E-state index contributed by atoms with van der Waals surface area (Å²) in [6.45, 7) is 0. The number of pyridine rings is 1. The van der Waals surface area contributed by atoms with Gasteiger partial charge in [0.15, 0.2) is 0 Å². The van der Waals surface area contributed by atoms with Crippen LogP contribution in [0, 0.1) is 0 Å². The van der Waals surface area contributed by atoms with Crippen molar-refractivity contribution in [1.29, 1.82) is 0 Å². The van der Waals surface area contributed by atoms with Crippen LogP contribution in [0.5, 0.6) is 11.5 Å². The van der Waals surface area contributed by atoms with E-state index in [0.717, 1.165) is 22.6 Å². The van der Waals surface area contributed by atoms with E-state index < -0.39 is 0 Å². The molecule has 1 aromatic heterocycles. The van der Waals surface area contributed by atoms with Crippen LogP contribution in [0.3, 0.4) is 0 Å². The van der Waals surface area contributed by atoms with Gasteiger partial charge < -0.3 is 4.74 Å². The van der Waals surface area contributed by atoms with Gasteiger partial charge in [0.2, 0.25) is 0 Å². The molecule has 0 fully saturated rings. The molecule has 2 nitrogen and oxygen atoms in total. The van der Waals surface area contributed by atoms with Crippen molar-refractivity contribution in [3.05, 3.63) is 176 Å². The summed E-state index contributed by atoms with van der Waals surface area (Å²) in [4.78, 5) is 4.52. The van der Waals surface area contributed by atoms with Crippen molar-refractivity contribution in [1.82, 2.24) is 4.98 Å². The van der Waals surface area contributed by atoms with Crippen LogP contribution in [0.2, 0.25) is 0 Å². The second-order valence-electron chi connectivity index (χ2n) is 13.4. The van der Waals surface area contributed by atoms with E-state index >= 15 is 0 Å². The number of hydrogen-bond acceptors (Lipinski definition) is 2. The van der Waals surface area contributed by atoms with Crippen molar-refractivity contribution in [2.24, 2.45) is 0 Å². The predicted octanol–water partition coefficient (Wildman–Crippen LogP) is 13.6. The van der Waals surface area contributed by atoms with E-state index in [9.17, 15) is 0 Å². The molecule has 0 amide bonds. The summed E-state index contributed by atoms with van der Waals surface area (Å²) >= 11 is 0. The molecule has 2 heteroatoms. The Hall–Kier alpha value is -6.77. The first kappa shape index (κ1) is 28.1. The first-order valence-electron chi connectivity index (χ1n) is 17.5. The first-order valence-corrected chi connectivity index (χ1v) is 17.5. The number of aromatic nitrogens is 1. The maximum atomic E-state index is 6.51. The Bertz CT molecular complexity index is 2930. The molecule has 0 unspecified atom stereocenters. The van der Waals surface area contributed by atoms with Gasteiger partial charge in [0, 0.05) is 28.9 Å². The Kier molecular flexibility index (Phi) is 5.99. The molecule has 9 aromatic carbocycles. The van der Waals surface area contributed by atoms with Gasteiger partial charge >= 0.3 is 0 Å². The normalized spacial score (nSPS) is 12.1. The molecule has 0 radical (unpaired) electrons. The maximum absolute atomic E-state index is 6.51.